The number of nitrogens with zero attached hydrogens (tertiary/aromatic N) is 6. The summed E-state index contributed by atoms with van der Waals surface area (Å²) in [4.78, 5) is 8.65. The van der Waals surface area contributed by atoms with Crippen LogP contribution in [0.1, 0.15) is 24.5 Å². The topological polar surface area (TPSA) is 129 Å². The van der Waals surface area contributed by atoms with Gasteiger partial charge in [-0.15, -0.1) is 0 Å². The van der Waals surface area contributed by atoms with Gasteiger partial charge in [0, 0.05) is 31.4 Å². The Morgan fingerprint density at radius 2 is 2.08 bits per heavy atom. The number of nitrogens with one attached hydrogen (secondary N) is 2. The first kappa shape index (κ1) is 29.1. The van der Waals surface area contributed by atoms with Crippen LogP contribution in [0.5, 0.6) is 0 Å². The molecule has 202 valence electrons. The van der Waals surface area contributed by atoms with Gasteiger partial charge in [0.05, 0.1) is 46.2 Å². The van der Waals surface area contributed by atoms with Crippen molar-refractivity contribution in [2.75, 3.05) is 24.2 Å². The number of aromatic nitrogens is 4. The lowest BCUT2D eigenvalue weighted by Gasteiger charge is -2.34. The van der Waals surface area contributed by atoms with Gasteiger partial charge < -0.3 is 10.6 Å². The van der Waals surface area contributed by atoms with Gasteiger partial charge >= 0.3 is 0 Å². The summed E-state index contributed by atoms with van der Waals surface area (Å²) in [5, 5.41) is 21.0. The van der Waals surface area contributed by atoms with E-state index in [9.17, 15) is 18.1 Å². The fourth-order valence-corrected chi connectivity index (χ4v) is 5.59. The largest absolute Gasteiger partial charge is 0.348 e. The molecule has 39 heavy (non-hydrogen) atoms. The Morgan fingerprint density at radius 1 is 1.31 bits per heavy atom. The highest BCUT2D eigenvalue weighted by molar-refractivity contribution is 7.89. The van der Waals surface area contributed by atoms with E-state index in [2.05, 4.69) is 55.3 Å². The van der Waals surface area contributed by atoms with Crippen LogP contribution in [0.4, 0.5) is 10.3 Å². The molecule has 0 unspecified atom stereocenters. The maximum absolute atomic E-state index is 14.9. The molecule has 1 fully saturated rings. The average molecular weight is 568 g/mol. The smallest absolute Gasteiger partial charge is 0.223 e. The minimum atomic E-state index is -3.46. The number of halogens is 2. The van der Waals surface area contributed by atoms with E-state index in [0.29, 0.717) is 28.5 Å². The predicted octanol–water partition coefficient (Wildman–Crippen LogP) is -0.371. The molecular formula is C23H29B3ClFN8O2S. The van der Waals surface area contributed by atoms with E-state index < -0.39 is 22.2 Å². The number of benzene rings is 1. The van der Waals surface area contributed by atoms with Crippen molar-refractivity contribution < 1.29 is 12.8 Å². The molecule has 0 spiro atoms. The highest BCUT2D eigenvalue weighted by Crippen LogP contribution is 2.27. The quantitative estimate of drug-likeness (QED) is 0.335. The SMILES string of the molecule is BC(B)(B)NCc1ccc(-n2cc(-c3nc(N[C@H]4CCN(S(=O)(=O)CC)C[C@H]4F)ncc3C#N)cn2)c(Cl)c1. The molecule has 0 radical (unpaired) electrons. The fraction of sp³-hybridized carbons (Fsp3) is 0.391. The van der Waals surface area contributed by atoms with Crippen molar-refractivity contribution >= 4 is 51.1 Å². The van der Waals surface area contributed by atoms with Crippen LogP contribution in [0, 0.1) is 11.3 Å². The number of piperidine rings is 1. The summed E-state index contributed by atoms with van der Waals surface area (Å²) in [6.07, 6.45) is 3.49. The van der Waals surface area contributed by atoms with Crippen molar-refractivity contribution in [3.05, 3.63) is 52.9 Å². The molecule has 0 saturated carbocycles. The van der Waals surface area contributed by atoms with Gasteiger partial charge in [-0.3, -0.25) is 0 Å². The van der Waals surface area contributed by atoms with E-state index >= 15 is 0 Å². The monoisotopic (exact) mass is 568 g/mol. The lowest BCUT2D eigenvalue weighted by molar-refractivity contribution is 0.186. The van der Waals surface area contributed by atoms with Crippen molar-refractivity contribution in [1.82, 2.24) is 29.4 Å². The lowest BCUT2D eigenvalue weighted by atomic mass is 9.49. The van der Waals surface area contributed by atoms with Gasteiger partial charge in [-0.05, 0) is 31.0 Å². The fourth-order valence-electron chi connectivity index (χ4n) is 4.18. The van der Waals surface area contributed by atoms with Crippen molar-refractivity contribution in [3.63, 3.8) is 0 Å². The molecule has 0 bridgehead atoms. The Hall–Kier alpha value is -2.92. The zero-order valence-electron chi connectivity index (χ0n) is 22.3. The number of alkyl halides is 1. The Kier molecular flexibility index (Phi) is 8.71. The first-order valence-corrected chi connectivity index (χ1v) is 14.6. The van der Waals surface area contributed by atoms with Gasteiger partial charge in [-0.1, -0.05) is 22.9 Å². The molecule has 0 amide bonds. The van der Waals surface area contributed by atoms with Gasteiger partial charge in [0.25, 0.3) is 0 Å². The van der Waals surface area contributed by atoms with Crippen molar-refractivity contribution in [2.24, 2.45) is 0 Å². The second kappa shape index (κ2) is 11.7. The van der Waals surface area contributed by atoms with Crippen LogP contribution >= 0.6 is 11.6 Å². The normalized spacial score (nSPS) is 18.5. The number of anilines is 1. The standard InChI is InChI=1S/C23H29B3ClFN8O2S/c1-2-39(37,38)35-6-5-19(18(28)13-35)33-22-30-10-15(8-29)21(34-22)16-11-32-36(12-16)20-4-3-14(7-17(20)27)9-31-23(24,25)26/h3-4,7,10-12,18-19,31H,2,5-6,9,13,24-26H2,1H3,(H,30,33,34)/t18-,19+/m1/s1. The first-order valence-electron chi connectivity index (χ1n) is 12.6. The second-order valence-corrected chi connectivity index (χ2v) is 13.1. The molecule has 3 heterocycles. The van der Waals surface area contributed by atoms with Crippen LogP contribution in [0.2, 0.25) is 5.02 Å². The van der Waals surface area contributed by atoms with Crippen LogP contribution in [-0.2, 0) is 16.6 Å². The molecule has 0 aliphatic carbocycles. The number of hydrogen-bond donors (Lipinski definition) is 2. The third kappa shape index (κ3) is 7.00. The number of hydrogen-bond acceptors (Lipinski definition) is 8. The Balaban J connectivity index is 1.52. The van der Waals surface area contributed by atoms with E-state index in [4.69, 9.17) is 11.6 Å². The van der Waals surface area contributed by atoms with E-state index in [0.717, 1.165) is 5.56 Å². The van der Waals surface area contributed by atoms with Crippen molar-refractivity contribution in [3.8, 4) is 23.0 Å². The molecular weight excluding hydrogens is 539 g/mol. The van der Waals surface area contributed by atoms with Gasteiger partial charge in [0.2, 0.25) is 16.0 Å². The highest BCUT2D eigenvalue weighted by atomic mass is 35.5. The minimum absolute atomic E-state index is 0.0239. The summed E-state index contributed by atoms with van der Waals surface area (Å²) in [6.45, 7) is 2.19. The molecule has 2 atom stereocenters. The van der Waals surface area contributed by atoms with E-state index in [1.54, 1.807) is 17.1 Å². The van der Waals surface area contributed by atoms with Crippen molar-refractivity contribution in [2.45, 2.75) is 37.3 Å². The van der Waals surface area contributed by atoms with Gasteiger partial charge in [-0.25, -0.2) is 27.5 Å². The summed E-state index contributed by atoms with van der Waals surface area (Å²) < 4.78 is 41.9. The predicted molar refractivity (Wildman–Crippen MR) is 157 cm³/mol. The van der Waals surface area contributed by atoms with Gasteiger partial charge in [0.1, 0.15) is 35.8 Å². The third-order valence-corrected chi connectivity index (χ3v) is 8.57. The average Bonchev–Trinajstić information content (AvgIpc) is 3.38. The Labute approximate surface area is 235 Å². The van der Waals surface area contributed by atoms with Crippen LogP contribution in [0.15, 0.2) is 36.8 Å². The number of rotatable bonds is 9. The molecule has 2 N–H and O–H groups in total. The maximum Gasteiger partial charge on any atom is 0.223 e. The third-order valence-electron chi connectivity index (χ3n) is 6.42. The van der Waals surface area contributed by atoms with Crippen LogP contribution in [0.25, 0.3) is 16.9 Å². The van der Waals surface area contributed by atoms with E-state index in [1.807, 2.05) is 18.2 Å². The molecule has 10 nitrogen and oxygen atoms in total. The maximum atomic E-state index is 14.9. The number of nitriles is 1. The Morgan fingerprint density at radius 3 is 2.72 bits per heavy atom. The van der Waals surface area contributed by atoms with E-state index in [1.165, 1.54) is 17.4 Å². The molecule has 1 saturated heterocycles. The summed E-state index contributed by atoms with van der Waals surface area (Å²) in [6, 6.07) is 7.15. The summed E-state index contributed by atoms with van der Waals surface area (Å²) in [5.41, 5.74) is 2.84. The van der Waals surface area contributed by atoms with Crippen LogP contribution < -0.4 is 10.6 Å². The first-order chi connectivity index (χ1) is 18.4. The molecule has 4 rings (SSSR count). The summed E-state index contributed by atoms with van der Waals surface area (Å²) >= 11 is 6.57. The summed E-state index contributed by atoms with van der Waals surface area (Å²) in [5.74, 6) is 0.0714. The molecule has 2 aromatic heterocycles. The van der Waals surface area contributed by atoms with Crippen molar-refractivity contribution in [1.29, 1.82) is 5.26 Å². The highest BCUT2D eigenvalue weighted by Gasteiger charge is 2.34. The summed E-state index contributed by atoms with van der Waals surface area (Å²) in [7, 11) is 2.82. The molecule has 1 aliphatic rings. The zero-order chi connectivity index (χ0) is 28.4. The second-order valence-electron chi connectivity index (χ2n) is 10.4. The molecule has 3 aromatic rings. The lowest BCUT2D eigenvalue weighted by Crippen LogP contribution is -2.50. The van der Waals surface area contributed by atoms with Gasteiger partial charge in [0.15, 0.2) is 0 Å². The van der Waals surface area contributed by atoms with Crippen LogP contribution in [0.3, 0.4) is 0 Å². The number of sulfonamides is 1. The molecule has 16 heteroatoms. The molecule has 1 aliphatic heterocycles. The Bertz CT molecular complexity index is 1500. The van der Waals surface area contributed by atoms with Crippen LogP contribution in [-0.4, -0.2) is 92.3 Å². The minimum Gasteiger partial charge on any atom is -0.348 e. The molecule has 1 aromatic carbocycles. The zero-order valence-corrected chi connectivity index (χ0v) is 23.9. The van der Waals surface area contributed by atoms with E-state index in [-0.39, 0.29) is 42.0 Å². The van der Waals surface area contributed by atoms with Gasteiger partial charge in [-0.2, -0.15) is 14.7 Å².